The van der Waals surface area contributed by atoms with Crippen LogP contribution in [0.5, 0.6) is 0 Å². The number of nitrogens with two attached hydrogens (primary N) is 1. The summed E-state index contributed by atoms with van der Waals surface area (Å²) in [6.45, 7) is 4.11. The highest BCUT2D eigenvalue weighted by Crippen LogP contribution is 2.30. The van der Waals surface area contributed by atoms with Crippen molar-refractivity contribution in [1.29, 1.82) is 0 Å². The normalized spacial score (nSPS) is 13.3. The molecule has 0 aromatic heterocycles. The molecule has 0 amide bonds. The maximum Gasteiger partial charge on any atom is 0.129 e. The smallest absolute Gasteiger partial charge is 0.129 e. The van der Waals surface area contributed by atoms with Gasteiger partial charge in [-0.15, -0.1) is 0 Å². The highest BCUT2D eigenvalue weighted by Gasteiger charge is 2.15. The zero-order valence-electron chi connectivity index (χ0n) is 8.73. The summed E-state index contributed by atoms with van der Waals surface area (Å²) >= 11 is 9.06. The van der Waals surface area contributed by atoms with Crippen molar-refractivity contribution in [3.05, 3.63) is 33.0 Å². The van der Waals surface area contributed by atoms with Crippen LogP contribution < -0.4 is 5.73 Å². The van der Waals surface area contributed by atoms with Gasteiger partial charge in [-0.05, 0) is 40.4 Å². The minimum Gasteiger partial charge on any atom is -0.324 e. The molecule has 15 heavy (non-hydrogen) atoms. The van der Waals surface area contributed by atoms with Gasteiger partial charge in [0.1, 0.15) is 5.82 Å². The van der Waals surface area contributed by atoms with Gasteiger partial charge in [-0.25, -0.2) is 4.39 Å². The molecular weight excluding hydrogens is 280 g/mol. The van der Waals surface area contributed by atoms with Gasteiger partial charge in [0.2, 0.25) is 0 Å². The Balaban J connectivity index is 2.98. The van der Waals surface area contributed by atoms with E-state index in [1.807, 2.05) is 0 Å². The van der Waals surface area contributed by atoms with E-state index in [1.165, 1.54) is 6.07 Å². The Morgan fingerprint density at radius 3 is 2.60 bits per heavy atom. The Hall–Kier alpha value is -0.120. The van der Waals surface area contributed by atoms with Crippen LogP contribution in [-0.4, -0.2) is 0 Å². The van der Waals surface area contributed by atoms with Gasteiger partial charge in [0.15, 0.2) is 0 Å². The van der Waals surface area contributed by atoms with Crippen LogP contribution in [-0.2, 0) is 0 Å². The quantitative estimate of drug-likeness (QED) is 0.827. The van der Waals surface area contributed by atoms with E-state index in [9.17, 15) is 4.39 Å². The van der Waals surface area contributed by atoms with Gasteiger partial charge in [-0.1, -0.05) is 25.4 Å². The molecule has 1 aromatic carbocycles. The second-order valence-electron chi connectivity index (χ2n) is 4.02. The van der Waals surface area contributed by atoms with Crippen molar-refractivity contribution in [1.82, 2.24) is 0 Å². The predicted octanol–water partition coefficient (Wildman–Crippen LogP) is 4.29. The molecule has 1 aromatic rings. The topological polar surface area (TPSA) is 26.0 Å². The molecule has 0 spiro atoms. The zero-order valence-corrected chi connectivity index (χ0v) is 11.1. The molecule has 1 nitrogen and oxygen atoms in total. The molecule has 0 aliphatic heterocycles. The fourth-order valence-corrected chi connectivity index (χ4v) is 1.94. The van der Waals surface area contributed by atoms with Crippen LogP contribution in [0.15, 0.2) is 16.6 Å². The van der Waals surface area contributed by atoms with Crippen molar-refractivity contribution in [2.75, 3.05) is 0 Å². The second-order valence-corrected chi connectivity index (χ2v) is 5.29. The van der Waals surface area contributed by atoms with E-state index in [2.05, 4.69) is 29.8 Å². The maximum absolute atomic E-state index is 13.6. The lowest BCUT2D eigenvalue weighted by molar-refractivity contribution is 0.489. The molecule has 1 rings (SSSR count). The van der Waals surface area contributed by atoms with Crippen molar-refractivity contribution in [2.24, 2.45) is 11.7 Å². The third-order valence-electron chi connectivity index (χ3n) is 2.16. The summed E-state index contributed by atoms with van der Waals surface area (Å²) in [5, 5.41) is 0.491. The van der Waals surface area contributed by atoms with E-state index in [0.717, 1.165) is 6.42 Å². The van der Waals surface area contributed by atoms with Crippen LogP contribution in [0.2, 0.25) is 5.02 Å². The molecule has 0 fully saturated rings. The number of hydrogen-bond acceptors (Lipinski definition) is 1. The Kier molecular flexibility index (Phi) is 4.56. The third kappa shape index (κ3) is 3.44. The second kappa shape index (κ2) is 5.28. The lowest BCUT2D eigenvalue weighted by Crippen LogP contribution is -2.14. The number of halogens is 3. The average Bonchev–Trinajstić information content (AvgIpc) is 2.09. The summed E-state index contributed by atoms with van der Waals surface area (Å²) in [6, 6.07) is 2.65. The molecule has 0 radical (unpaired) electrons. The predicted molar refractivity (Wildman–Crippen MR) is 65.5 cm³/mol. The van der Waals surface area contributed by atoms with E-state index in [-0.39, 0.29) is 11.9 Å². The molecule has 1 atom stereocenters. The van der Waals surface area contributed by atoms with Crippen LogP contribution in [0.1, 0.15) is 31.9 Å². The summed E-state index contributed by atoms with van der Waals surface area (Å²) in [7, 11) is 0. The lowest BCUT2D eigenvalue weighted by Gasteiger charge is -2.15. The fraction of sp³-hybridized carbons (Fsp3) is 0.455. The van der Waals surface area contributed by atoms with Gasteiger partial charge >= 0.3 is 0 Å². The first-order valence-corrected chi connectivity index (χ1v) is 5.99. The highest BCUT2D eigenvalue weighted by atomic mass is 79.9. The fourth-order valence-electron chi connectivity index (χ4n) is 1.46. The van der Waals surface area contributed by atoms with Crippen LogP contribution in [0.25, 0.3) is 0 Å². The molecular formula is C11H14BrClFN. The van der Waals surface area contributed by atoms with Crippen molar-refractivity contribution in [2.45, 2.75) is 26.3 Å². The molecule has 0 saturated heterocycles. The van der Waals surface area contributed by atoms with E-state index in [1.54, 1.807) is 6.07 Å². The molecule has 0 bridgehead atoms. The Morgan fingerprint density at radius 1 is 1.47 bits per heavy atom. The molecule has 1 unspecified atom stereocenters. The minimum absolute atomic E-state index is 0.296. The summed E-state index contributed by atoms with van der Waals surface area (Å²) in [5.74, 6) is 0.126. The van der Waals surface area contributed by atoms with E-state index in [4.69, 9.17) is 17.3 Å². The lowest BCUT2D eigenvalue weighted by atomic mass is 9.97. The first-order valence-electron chi connectivity index (χ1n) is 4.81. The molecule has 0 aliphatic carbocycles. The Bertz CT molecular complexity index is 355. The maximum atomic E-state index is 13.6. The molecule has 2 N–H and O–H groups in total. The number of rotatable bonds is 3. The van der Waals surface area contributed by atoms with Gasteiger partial charge in [-0.3, -0.25) is 0 Å². The van der Waals surface area contributed by atoms with Crippen molar-refractivity contribution >= 4 is 27.5 Å². The Labute approximate surface area is 103 Å². The SMILES string of the molecule is CC(C)CC(N)c1cc(Cl)c(Br)cc1F. The van der Waals surface area contributed by atoms with Crippen molar-refractivity contribution in [3.63, 3.8) is 0 Å². The number of hydrogen-bond donors (Lipinski definition) is 1. The average molecular weight is 295 g/mol. The molecule has 0 heterocycles. The van der Waals surface area contributed by atoms with Crippen LogP contribution >= 0.6 is 27.5 Å². The largest absolute Gasteiger partial charge is 0.324 e. The van der Waals surface area contributed by atoms with Gasteiger partial charge in [-0.2, -0.15) is 0 Å². The minimum atomic E-state index is -0.306. The monoisotopic (exact) mass is 293 g/mol. The molecule has 84 valence electrons. The summed E-state index contributed by atoms with van der Waals surface area (Å²) in [4.78, 5) is 0. The van der Waals surface area contributed by atoms with E-state index >= 15 is 0 Å². The van der Waals surface area contributed by atoms with E-state index in [0.29, 0.717) is 21.0 Å². The van der Waals surface area contributed by atoms with Crippen LogP contribution in [0.4, 0.5) is 4.39 Å². The standard InChI is InChI=1S/C11H14BrClFN/c1-6(2)3-11(15)7-4-9(13)8(12)5-10(7)14/h4-6,11H,3,15H2,1-2H3. The molecule has 0 saturated carbocycles. The third-order valence-corrected chi connectivity index (χ3v) is 3.36. The molecule has 4 heteroatoms. The summed E-state index contributed by atoms with van der Waals surface area (Å²) in [5.41, 5.74) is 6.39. The van der Waals surface area contributed by atoms with E-state index < -0.39 is 0 Å². The van der Waals surface area contributed by atoms with Gasteiger partial charge in [0.25, 0.3) is 0 Å². The van der Waals surface area contributed by atoms with Crippen LogP contribution in [0.3, 0.4) is 0 Å². The van der Waals surface area contributed by atoms with Gasteiger partial charge < -0.3 is 5.73 Å². The summed E-state index contributed by atoms with van der Waals surface area (Å²) in [6.07, 6.45) is 0.745. The van der Waals surface area contributed by atoms with Crippen LogP contribution in [0, 0.1) is 11.7 Å². The zero-order chi connectivity index (χ0) is 11.6. The van der Waals surface area contributed by atoms with Crippen molar-refractivity contribution in [3.8, 4) is 0 Å². The summed E-state index contributed by atoms with van der Waals surface area (Å²) < 4.78 is 14.1. The Morgan fingerprint density at radius 2 is 2.07 bits per heavy atom. The van der Waals surface area contributed by atoms with Gasteiger partial charge in [0.05, 0.1) is 5.02 Å². The van der Waals surface area contributed by atoms with Crippen molar-refractivity contribution < 1.29 is 4.39 Å². The highest BCUT2D eigenvalue weighted by molar-refractivity contribution is 9.10. The first-order chi connectivity index (χ1) is 6.91. The molecule has 0 aliphatic rings. The number of benzene rings is 1. The first kappa shape index (κ1) is 12.9. The van der Waals surface area contributed by atoms with Gasteiger partial charge in [0, 0.05) is 16.1 Å².